The van der Waals surface area contributed by atoms with Crippen molar-refractivity contribution in [3.8, 4) is 0 Å². The molecule has 4 heteroatoms. The van der Waals surface area contributed by atoms with Crippen LogP contribution in [0.5, 0.6) is 0 Å². The number of likely N-dealkylation sites (N-methyl/N-ethyl adjacent to an activating group) is 1. The van der Waals surface area contributed by atoms with Crippen molar-refractivity contribution in [2.45, 2.75) is 33.3 Å². The highest BCUT2D eigenvalue weighted by Crippen LogP contribution is 2.10. The first-order valence-electron chi connectivity index (χ1n) is 5.06. The number of ether oxygens (including phenoxy) is 2. The Kier molecular flexibility index (Phi) is 6.49. The van der Waals surface area contributed by atoms with Crippen molar-refractivity contribution in [3.63, 3.8) is 0 Å². The van der Waals surface area contributed by atoms with Crippen LogP contribution < -0.4 is 5.32 Å². The molecule has 0 aromatic carbocycles. The van der Waals surface area contributed by atoms with Gasteiger partial charge in [0.15, 0.2) is 5.60 Å². The summed E-state index contributed by atoms with van der Waals surface area (Å²) in [4.78, 5) is 11.4. The highest BCUT2D eigenvalue weighted by Gasteiger charge is 2.29. The second-order valence-corrected chi connectivity index (χ2v) is 3.43. The predicted molar refractivity (Wildman–Crippen MR) is 55.2 cm³/mol. The van der Waals surface area contributed by atoms with Crippen LogP contribution >= 0.6 is 0 Å². The van der Waals surface area contributed by atoms with Crippen LogP contribution in [0.25, 0.3) is 0 Å². The zero-order chi connectivity index (χ0) is 11.0. The molecule has 4 nitrogen and oxygen atoms in total. The number of rotatable bonds is 7. The Hall–Kier alpha value is -0.610. The van der Waals surface area contributed by atoms with Crippen LogP contribution in [-0.2, 0) is 14.3 Å². The third kappa shape index (κ3) is 5.19. The molecule has 0 aromatic rings. The van der Waals surface area contributed by atoms with Gasteiger partial charge in [-0.2, -0.15) is 0 Å². The minimum atomic E-state index is -0.842. The van der Waals surface area contributed by atoms with E-state index < -0.39 is 5.60 Å². The Labute approximate surface area is 86.0 Å². The molecule has 0 aliphatic carbocycles. The van der Waals surface area contributed by atoms with E-state index >= 15 is 0 Å². The third-order valence-electron chi connectivity index (χ3n) is 1.76. The zero-order valence-corrected chi connectivity index (χ0v) is 9.55. The number of carbonyl (C=O) groups excluding carboxylic acids is 1. The van der Waals surface area contributed by atoms with Crippen LogP contribution in [0.3, 0.4) is 0 Å². The Morgan fingerprint density at radius 2 is 2.00 bits per heavy atom. The highest BCUT2D eigenvalue weighted by molar-refractivity contribution is 5.78. The van der Waals surface area contributed by atoms with Crippen molar-refractivity contribution in [2.75, 3.05) is 26.3 Å². The predicted octanol–water partition coefficient (Wildman–Crippen LogP) is 0.954. The van der Waals surface area contributed by atoms with Gasteiger partial charge in [0.1, 0.15) is 0 Å². The largest absolute Gasteiger partial charge is 0.464 e. The fourth-order valence-electron chi connectivity index (χ4n) is 0.919. The quantitative estimate of drug-likeness (QED) is 0.494. The molecule has 0 amide bonds. The fraction of sp³-hybridized carbons (Fsp3) is 0.900. The first kappa shape index (κ1) is 13.4. The molecule has 0 aliphatic rings. The van der Waals surface area contributed by atoms with E-state index in [-0.39, 0.29) is 5.97 Å². The van der Waals surface area contributed by atoms with E-state index in [0.29, 0.717) is 13.2 Å². The number of nitrogens with one attached hydrogen (secondary N) is 1. The number of hydrogen-bond acceptors (Lipinski definition) is 4. The van der Waals surface area contributed by atoms with Gasteiger partial charge in [-0.1, -0.05) is 6.92 Å². The summed E-state index contributed by atoms with van der Waals surface area (Å²) in [6, 6.07) is 0. The average molecular weight is 203 g/mol. The molecule has 14 heavy (non-hydrogen) atoms. The van der Waals surface area contributed by atoms with Crippen molar-refractivity contribution < 1.29 is 14.3 Å². The van der Waals surface area contributed by atoms with Gasteiger partial charge in [0.2, 0.25) is 0 Å². The third-order valence-corrected chi connectivity index (χ3v) is 1.76. The van der Waals surface area contributed by atoms with Crippen molar-refractivity contribution in [3.05, 3.63) is 0 Å². The lowest BCUT2D eigenvalue weighted by molar-refractivity contribution is -0.167. The van der Waals surface area contributed by atoms with E-state index in [1.54, 1.807) is 20.8 Å². The molecule has 0 radical (unpaired) electrons. The summed E-state index contributed by atoms with van der Waals surface area (Å²) >= 11 is 0. The molecular weight excluding hydrogens is 182 g/mol. The van der Waals surface area contributed by atoms with E-state index in [0.717, 1.165) is 13.1 Å². The normalized spacial score (nSPS) is 11.4. The summed E-state index contributed by atoms with van der Waals surface area (Å²) in [5.41, 5.74) is -0.842. The van der Waals surface area contributed by atoms with Gasteiger partial charge in [-0.05, 0) is 27.3 Å². The van der Waals surface area contributed by atoms with Crippen LogP contribution in [0.4, 0.5) is 0 Å². The average Bonchev–Trinajstić information content (AvgIpc) is 2.13. The lowest BCUT2D eigenvalue weighted by Crippen LogP contribution is -2.38. The summed E-state index contributed by atoms with van der Waals surface area (Å²) in [7, 11) is 0. The van der Waals surface area contributed by atoms with Crippen molar-refractivity contribution >= 4 is 5.97 Å². The second-order valence-electron chi connectivity index (χ2n) is 3.43. The monoisotopic (exact) mass is 203 g/mol. The molecule has 1 N–H and O–H groups in total. The smallest absolute Gasteiger partial charge is 0.337 e. The Morgan fingerprint density at radius 1 is 1.36 bits per heavy atom. The van der Waals surface area contributed by atoms with Crippen molar-refractivity contribution in [1.29, 1.82) is 0 Å². The fourth-order valence-corrected chi connectivity index (χ4v) is 0.919. The lowest BCUT2D eigenvalue weighted by Gasteiger charge is -2.22. The summed E-state index contributed by atoms with van der Waals surface area (Å²) in [6.07, 6.45) is 0. The Bertz CT molecular complexity index is 169. The Balaban J connectivity index is 3.76. The molecule has 0 fully saturated rings. The van der Waals surface area contributed by atoms with Crippen LogP contribution in [0.1, 0.15) is 27.7 Å². The standard InChI is InChI=1S/C10H21NO3/c1-5-11-7-8-14-10(3,4)9(12)13-6-2/h11H,5-8H2,1-4H3. The van der Waals surface area contributed by atoms with Crippen LogP contribution in [0, 0.1) is 0 Å². The summed E-state index contributed by atoms with van der Waals surface area (Å²) in [5, 5.41) is 3.11. The molecule has 0 unspecified atom stereocenters. The van der Waals surface area contributed by atoms with Crippen LogP contribution in [0.2, 0.25) is 0 Å². The van der Waals surface area contributed by atoms with Gasteiger partial charge in [0.05, 0.1) is 13.2 Å². The molecule has 0 heterocycles. The molecule has 0 atom stereocenters. The number of hydrogen-bond donors (Lipinski definition) is 1. The zero-order valence-electron chi connectivity index (χ0n) is 9.55. The van der Waals surface area contributed by atoms with E-state index in [1.165, 1.54) is 0 Å². The molecule has 0 rings (SSSR count). The van der Waals surface area contributed by atoms with Gasteiger partial charge in [0.25, 0.3) is 0 Å². The summed E-state index contributed by atoms with van der Waals surface area (Å²) in [6.45, 7) is 9.80. The Morgan fingerprint density at radius 3 is 2.50 bits per heavy atom. The van der Waals surface area contributed by atoms with Crippen LogP contribution in [0.15, 0.2) is 0 Å². The SMILES string of the molecule is CCNCCOC(C)(C)C(=O)OCC. The molecule has 0 spiro atoms. The molecule has 0 bridgehead atoms. The minimum Gasteiger partial charge on any atom is -0.464 e. The molecule has 84 valence electrons. The summed E-state index contributed by atoms with van der Waals surface area (Å²) < 4.78 is 10.3. The van der Waals surface area contributed by atoms with E-state index in [1.807, 2.05) is 6.92 Å². The van der Waals surface area contributed by atoms with Crippen LogP contribution in [-0.4, -0.2) is 37.9 Å². The molecular formula is C10H21NO3. The first-order valence-corrected chi connectivity index (χ1v) is 5.06. The molecule has 0 aromatic heterocycles. The first-order chi connectivity index (χ1) is 6.54. The summed E-state index contributed by atoms with van der Waals surface area (Å²) in [5.74, 6) is -0.309. The van der Waals surface area contributed by atoms with Gasteiger partial charge in [-0.25, -0.2) is 4.79 Å². The van der Waals surface area contributed by atoms with Gasteiger partial charge >= 0.3 is 5.97 Å². The van der Waals surface area contributed by atoms with Gasteiger partial charge in [-0.3, -0.25) is 0 Å². The van der Waals surface area contributed by atoms with Gasteiger partial charge in [-0.15, -0.1) is 0 Å². The maximum absolute atomic E-state index is 11.4. The van der Waals surface area contributed by atoms with E-state index in [2.05, 4.69) is 5.32 Å². The number of carbonyl (C=O) groups is 1. The van der Waals surface area contributed by atoms with E-state index in [4.69, 9.17) is 9.47 Å². The van der Waals surface area contributed by atoms with E-state index in [9.17, 15) is 4.79 Å². The highest BCUT2D eigenvalue weighted by atomic mass is 16.6. The molecule has 0 saturated heterocycles. The second kappa shape index (κ2) is 6.79. The lowest BCUT2D eigenvalue weighted by atomic mass is 10.1. The maximum atomic E-state index is 11.4. The van der Waals surface area contributed by atoms with Crippen molar-refractivity contribution in [2.24, 2.45) is 0 Å². The molecule has 0 aliphatic heterocycles. The minimum absolute atomic E-state index is 0.309. The van der Waals surface area contributed by atoms with Crippen molar-refractivity contribution in [1.82, 2.24) is 5.32 Å². The number of esters is 1. The maximum Gasteiger partial charge on any atom is 0.337 e. The topological polar surface area (TPSA) is 47.6 Å². The molecule has 0 saturated carbocycles. The van der Waals surface area contributed by atoms with Gasteiger partial charge in [0, 0.05) is 6.54 Å². The van der Waals surface area contributed by atoms with Gasteiger partial charge < -0.3 is 14.8 Å².